The number of nitrogens with one attached hydrogen (secondary N) is 1. The van der Waals surface area contributed by atoms with Crippen LogP contribution in [0.4, 0.5) is 0 Å². The molecular weight excluding hydrogens is 172 g/mol. The average molecular weight is 184 g/mol. The van der Waals surface area contributed by atoms with Gasteiger partial charge < -0.3 is 9.64 Å². The van der Waals surface area contributed by atoms with Crippen molar-refractivity contribution in [2.45, 2.75) is 6.61 Å². The van der Waals surface area contributed by atoms with E-state index in [1.807, 2.05) is 0 Å². The molecule has 0 aromatic carbocycles. The number of nitrogens with zero attached hydrogens (tertiary/aromatic N) is 3. The third kappa shape index (κ3) is 2.25. The first-order valence-corrected chi connectivity index (χ1v) is 3.77. The van der Waals surface area contributed by atoms with Gasteiger partial charge >= 0.3 is 0 Å². The maximum atomic E-state index is 11.3. The molecule has 1 aromatic rings. The van der Waals surface area contributed by atoms with Crippen LogP contribution in [0.3, 0.4) is 0 Å². The molecule has 1 amide bonds. The van der Waals surface area contributed by atoms with E-state index in [4.69, 9.17) is 4.74 Å². The molecule has 0 aliphatic carbocycles. The quantitative estimate of drug-likeness (QED) is 0.697. The monoisotopic (exact) mass is 184 g/mol. The summed E-state index contributed by atoms with van der Waals surface area (Å²) in [6.07, 6.45) is 0. The molecule has 0 unspecified atom stereocenters. The second-order valence-corrected chi connectivity index (χ2v) is 2.74. The zero-order valence-corrected chi connectivity index (χ0v) is 7.87. The van der Waals surface area contributed by atoms with Crippen molar-refractivity contribution in [3.05, 3.63) is 11.6 Å². The molecule has 0 fully saturated rings. The normalized spacial score (nSPS) is 10.1. The van der Waals surface area contributed by atoms with Crippen LogP contribution in [0.15, 0.2) is 0 Å². The summed E-state index contributed by atoms with van der Waals surface area (Å²) < 4.78 is 4.82. The summed E-state index contributed by atoms with van der Waals surface area (Å²) in [6.45, 7) is 0.327. The number of hydrogen-bond donors (Lipinski definition) is 1. The Kier molecular flexibility index (Phi) is 2.97. The summed E-state index contributed by atoms with van der Waals surface area (Å²) in [4.78, 5) is 16.7. The van der Waals surface area contributed by atoms with Crippen LogP contribution in [0, 0.1) is 0 Å². The lowest BCUT2D eigenvalue weighted by Crippen LogP contribution is -2.22. The molecule has 0 radical (unpaired) electrons. The van der Waals surface area contributed by atoms with Gasteiger partial charge in [0.1, 0.15) is 6.61 Å². The summed E-state index contributed by atoms with van der Waals surface area (Å²) in [5.41, 5.74) is 0. The van der Waals surface area contributed by atoms with Crippen LogP contribution in [0.25, 0.3) is 0 Å². The van der Waals surface area contributed by atoms with Gasteiger partial charge in [0.05, 0.1) is 0 Å². The first kappa shape index (κ1) is 9.66. The van der Waals surface area contributed by atoms with Gasteiger partial charge in [-0.05, 0) is 0 Å². The third-order valence-corrected chi connectivity index (χ3v) is 1.41. The van der Waals surface area contributed by atoms with Gasteiger partial charge in [-0.15, -0.1) is 5.10 Å². The van der Waals surface area contributed by atoms with E-state index in [0.717, 1.165) is 0 Å². The van der Waals surface area contributed by atoms with E-state index in [9.17, 15) is 4.79 Å². The SMILES string of the molecule is COCc1nc(C(=O)N(C)C)n[nH]1. The van der Waals surface area contributed by atoms with Crippen LogP contribution < -0.4 is 0 Å². The van der Waals surface area contributed by atoms with Crippen molar-refractivity contribution < 1.29 is 9.53 Å². The molecule has 72 valence electrons. The number of H-pyrrole nitrogens is 1. The Balaban J connectivity index is 2.73. The maximum absolute atomic E-state index is 11.3. The molecule has 0 spiro atoms. The standard InChI is InChI=1S/C7H12N4O2/c1-11(2)7(12)6-8-5(4-13-3)9-10-6/h4H2,1-3H3,(H,8,9,10). The topological polar surface area (TPSA) is 71.1 Å². The van der Waals surface area contributed by atoms with Crippen molar-refractivity contribution in [2.75, 3.05) is 21.2 Å². The van der Waals surface area contributed by atoms with Gasteiger partial charge in [0.25, 0.3) is 5.91 Å². The van der Waals surface area contributed by atoms with E-state index in [1.165, 1.54) is 4.90 Å². The van der Waals surface area contributed by atoms with Crippen molar-refractivity contribution in [2.24, 2.45) is 0 Å². The van der Waals surface area contributed by atoms with Crippen molar-refractivity contribution in [3.63, 3.8) is 0 Å². The smallest absolute Gasteiger partial charge is 0.293 e. The van der Waals surface area contributed by atoms with Gasteiger partial charge in [-0.3, -0.25) is 9.89 Å². The molecule has 0 aliphatic heterocycles. The van der Waals surface area contributed by atoms with Gasteiger partial charge in [-0.25, -0.2) is 4.98 Å². The van der Waals surface area contributed by atoms with Crippen LogP contribution in [-0.2, 0) is 11.3 Å². The number of amides is 1. The second-order valence-electron chi connectivity index (χ2n) is 2.74. The summed E-state index contributed by atoms with van der Waals surface area (Å²) in [7, 11) is 4.85. The number of hydrogen-bond acceptors (Lipinski definition) is 4. The lowest BCUT2D eigenvalue weighted by molar-refractivity contribution is 0.0816. The van der Waals surface area contributed by atoms with E-state index in [1.54, 1.807) is 21.2 Å². The summed E-state index contributed by atoms with van der Waals surface area (Å²) in [5.74, 6) is 0.489. The highest BCUT2D eigenvalue weighted by atomic mass is 16.5. The Morgan fingerprint density at radius 3 is 2.85 bits per heavy atom. The van der Waals surface area contributed by atoms with Crippen LogP contribution in [0.1, 0.15) is 16.4 Å². The lowest BCUT2D eigenvalue weighted by atomic mass is 10.5. The van der Waals surface area contributed by atoms with Gasteiger partial charge in [0, 0.05) is 21.2 Å². The minimum Gasteiger partial charge on any atom is -0.377 e. The van der Waals surface area contributed by atoms with Crippen LogP contribution >= 0.6 is 0 Å². The molecule has 13 heavy (non-hydrogen) atoms. The Hall–Kier alpha value is -1.43. The number of carbonyl (C=O) groups is 1. The average Bonchev–Trinajstić information content (AvgIpc) is 2.52. The molecule has 0 bridgehead atoms. The molecule has 1 rings (SSSR count). The first-order valence-electron chi connectivity index (χ1n) is 3.77. The van der Waals surface area contributed by atoms with E-state index in [-0.39, 0.29) is 11.7 Å². The number of aromatic nitrogens is 3. The number of rotatable bonds is 3. The highest BCUT2D eigenvalue weighted by Gasteiger charge is 2.13. The lowest BCUT2D eigenvalue weighted by Gasteiger charge is -2.05. The Morgan fingerprint density at radius 1 is 1.62 bits per heavy atom. The fourth-order valence-electron chi connectivity index (χ4n) is 0.792. The maximum Gasteiger partial charge on any atom is 0.293 e. The minimum absolute atomic E-state index is 0.164. The Bertz CT molecular complexity index is 294. The number of methoxy groups -OCH3 is 1. The zero-order valence-electron chi connectivity index (χ0n) is 7.87. The molecule has 0 atom stereocenters. The Labute approximate surface area is 75.9 Å². The molecule has 1 heterocycles. The summed E-state index contributed by atoms with van der Waals surface area (Å²) in [5, 5.41) is 6.36. The second kappa shape index (κ2) is 3.99. The predicted octanol–water partition coefficient (Wildman–Crippen LogP) is -0.347. The predicted molar refractivity (Wildman–Crippen MR) is 45.1 cm³/mol. The van der Waals surface area contributed by atoms with E-state index in [2.05, 4.69) is 15.2 Å². The number of aromatic amines is 1. The molecule has 6 heteroatoms. The van der Waals surface area contributed by atoms with Crippen molar-refractivity contribution in [3.8, 4) is 0 Å². The largest absolute Gasteiger partial charge is 0.377 e. The summed E-state index contributed by atoms with van der Waals surface area (Å²) >= 11 is 0. The van der Waals surface area contributed by atoms with Crippen LogP contribution in [-0.4, -0.2) is 47.2 Å². The molecule has 1 aromatic heterocycles. The molecule has 0 saturated carbocycles. The highest BCUT2D eigenvalue weighted by Crippen LogP contribution is 1.96. The molecule has 6 nitrogen and oxygen atoms in total. The highest BCUT2D eigenvalue weighted by molar-refractivity contribution is 5.89. The fraction of sp³-hybridized carbons (Fsp3) is 0.571. The van der Waals surface area contributed by atoms with Crippen molar-refractivity contribution in [1.29, 1.82) is 0 Å². The minimum atomic E-state index is -0.224. The van der Waals surface area contributed by atoms with Crippen LogP contribution in [0.5, 0.6) is 0 Å². The molecule has 0 aliphatic rings. The fourth-order valence-corrected chi connectivity index (χ4v) is 0.792. The first-order chi connectivity index (χ1) is 6.15. The summed E-state index contributed by atoms with van der Waals surface area (Å²) in [6, 6.07) is 0. The van der Waals surface area contributed by atoms with Gasteiger partial charge in [0.15, 0.2) is 5.82 Å². The van der Waals surface area contributed by atoms with Crippen molar-refractivity contribution in [1.82, 2.24) is 20.1 Å². The van der Waals surface area contributed by atoms with E-state index in [0.29, 0.717) is 12.4 Å². The number of ether oxygens (including phenoxy) is 1. The Morgan fingerprint density at radius 2 is 2.31 bits per heavy atom. The molecule has 0 saturated heterocycles. The molecular formula is C7H12N4O2. The van der Waals surface area contributed by atoms with E-state index < -0.39 is 0 Å². The van der Waals surface area contributed by atoms with Gasteiger partial charge in [0.2, 0.25) is 5.82 Å². The zero-order chi connectivity index (χ0) is 9.84. The number of carbonyl (C=O) groups excluding carboxylic acids is 1. The molecule has 1 N–H and O–H groups in total. The van der Waals surface area contributed by atoms with E-state index >= 15 is 0 Å². The van der Waals surface area contributed by atoms with Gasteiger partial charge in [-0.2, -0.15) is 0 Å². The van der Waals surface area contributed by atoms with Gasteiger partial charge in [-0.1, -0.05) is 0 Å². The third-order valence-electron chi connectivity index (χ3n) is 1.41. The van der Waals surface area contributed by atoms with Crippen LogP contribution in [0.2, 0.25) is 0 Å². The van der Waals surface area contributed by atoms with Crippen molar-refractivity contribution >= 4 is 5.91 Å².